The van der Waals surface area contributed by atoms with Gasteiger partial charge in [-0.15, -0.1) is 0 Å². The lowest BCUT2D eigenvalue weighted by molar-refractivity contribution is 0.104. The van der Waals surface area contributed by atoms with Gasteiger partial charge in [-0.05, 0) is 36.4 Å². The van der Waals surface area contributed by atoms with E-state index in [-0.39, 0.29) is 5.78 Å². The first-order valence-electron chi connectivity index (χ1n) is 5.81. The predicted molar refractivity (Wildman–Crippen MR) is 74.3 cm³/mol. The average Bonchev–Trinajstić information content (AvgIpc) is 2.48. The van der Waals surface area contributed by atoms with Crippen molar-refractivity contribution in [3.8, 4) is 5.75 Å². The lowest BCUT2D eigenvalue weighted by Crippen LogP contribution is -1.96. The Morgan fingerprint density at radius 2 is 1.84 bits per heavy atom. The van der Waals surface area contributed by atoms with E-state index in [4.69, 9.17) is 4.74 Å². The van der Waals surface area contributed by atoms with Crippen molar-refractivity contribution >= 4 is 11.5 Å². The number of carbonyl (C=O) groups excluding carboxylic acids is 1. The summed E-state index contributed by atoms with van der Waals surface area (Å²) >= 11 is 0. The maximum Gasteiger partial charge on any atom is 0.187 e. The number of benzene rings is 1. The third-order valence-corrected chi connectivity index (χ3v) is 2.54. The van der Waals surface area contributed by atoms with Gasteiger partial charge in [0, 0.05) is 35.9 Å². The van der Waals surface area contributed by atoms with Crippen LogP contribution in [0.15, 0.2) is 61.1 Å². The van der Waals surface area contributed by atoms with Crippen LogP contribution in [0.2, 0.25) is 0 Å². The number of nitrogens with zero attached hydrogens (tertiary/aromatic N) is 1. The number of ketones is 1. The first kappa shape index (κ1) is 12.8. The number of hydrogen-bond acceptors (Lipinski definition) is 4. The van der Waals surface area contributed by atoms with Crippen LogP contribution in [-0.2, 0) is 0 Å². The minimum absolute atomic E-state index is 0.0655. The fraction of sp³-hybridized carbons (Fsp3) is 0.0667. The summed E-state index contributed by atoms with van der Waals surface area (Å²) in [5, 5.41) is 3.00. The van der Waals surface area contributed by atoms with Crippen molar-refractivity contribution < 1.29 is 9.53 Å². The van der Waals surface area contributed by atoms with Crippen molar-refractivity contribution in [3.63, 3.8) is 0 Å². The molecule has 1 aromatic carbocycles. The Morgan fingerprint density at radius 3 is 2.47 bits per heavy atom. The number of nitrogens with one attached hydrogen (secondary N) is 1. The highest BCUT2D eigenvalue weighted by atomic mass is 16.5. The zero-order valence-corrected chi connectivity index (χ0v) is 10.5. The lowest BCUT2D eigenvalue weighted by Gasteiger charge is -2.01. The normalized spacial score (nSPS) is 10.4. The Balaban J connectivity index is 1.96. The van der Waals surface area contributed by atoms with E-state index in [1.165, 1.54) is 6.08 Å². The highest BCUT2D eigenvalue weighted by Gasteiger charge is 2.01. The molecule has 1 N–H and O–H groups in total. The fourth-order valence-corrected chi connectivity index (χ4v) is 1.51. The molecule has 4 heteroatoms. The molecule has 96 valence electrons. The van der Waals surface area contributed by atoms with Gasteiger partial charge in [-0.25, -0.2) is 0 Å². The number of aromatic nitrogens is 1. The van der Waals surface area contributed by atoms with Gasteiger partial charge in [-0.1, -0.05) is 0 Å². The highest BCUT2D eigenvalue weighted by Crippen LogP contribution is 2.12. The number of anilines is 1. The Hall–Kier alpha value is -2.62. The molecule has 1 aromatic heterocycles. The molecule has 0 bridgehead atoms. The average molecular weight is 254 g/mol. The highest BCUT2D eigenvalue weighted by molar-refractivity contribution is 6.04. The van der Waals surface area contributed by atoms with Gasteiger partial charge in [0.05, 0.1) is 7.11 Å². The van der Waals surface area contributed by atoms with Crippen LogP contribution in [0.3, 0.4) is 0 Å². The van der Waals surface area contributed by atoms with Crippen molar-refractivity contribution in [2.45, 2.75) is 0 Å². The van der Waals surface area contributed by atoms with Gasteiger partial charge in [-0.3, -0.25) is 9.78 Å². The van der Waals surface area contributed by atoms with Crippen molar-refractivity contribution in [2.75, 3.05) is 12.4 Å². The van der Waals surface area contributed by atoms with Gasteiger partial charge in [0.1, 0.15) is 5.75 Å². The Bertz CT molecular complexity index is 562. The molecule has 0 aliphatic carbocycles. The molecule has 19 heavy (non-hydrogen) atoms. The van der Waals surface area contributed by atoms with Crippen LogP contribution >= 0.6 is 0 Å². The summed E-state index contributed by atoms with van der Waals surface area (Å²) in [6.07, 6.45) is 6.47. The zero-order valence-electron chi connectivity index (χ0n) is 10.5. The van der Waals surface area contributed by atoms with Crippen LogP contribution in [-0.4, -0.2) is 17.9 Å². The van der Waals surface area contributed by atoms with Crippen LogP contribution in [0, 0.1) is 0 Å². The SMILES string of the molecule is COc1ccc(C(=O)/C=C/Nc2ccncc2)cc1. The van der Waals surface area contributed by atoms with E-state index in [1.807, 2.05) is 12.1 Å². The molecule has 2 aromatic rings. The topological polar surface area (TPSA) is 51.2 Å². The smallest absolute Gasteiger partial charge is 0.187 e. The second kappa shape index (κ2) is 6.35. The van der Waals surface area contributed by atoms with Crippen molar-refractivity contribution in [2.24, 2.45) is 0 Å². The van der Waals surface area contributed by atoms with E-state index in [9.17, 15) is 4.79 Å². The van der Waals surface area contributed by atoms with Gasteiger partial charge in [0.2, 0.25) is 0 Å². The van der Waals surface area contributed by atoms with Gasteiger partial charge >= 0.3 is 0 Å². The predicted octanol–water partition coefficient (Wildman–Crippen LogP) is 2.90. The van der Waals surface area contributed by atoms with Gasteiger partial charge in [0.25, 0.3) is 0 Å². The van der Waals surface area contributed by atoms with E-state index < -0.39 is 0 Å². The van der Waals surface area contributed by atoms with Crippen LogP contribution in [0.25, 0.3) is 0 Å². The molecule has 0 atom stereocenters. The lowest BCUT2D eigenvalue weighted by atomic mass is 10.1. The Kier molecular flexibility index (Phi) is 4.29. The standard InChI is InChI=1S/C15H14N2O2/c1-19-14-4-2-12(3-5-14)15(18)8-11-17-13-6-9-16-10-7-13/h2-11H,1H3,(H,16,17)/b11-8+. The first-order valence-corrected chi connectivity index (χ1v) is 5.81. The summed E-state index contributed by atoms with van der Waals surface area (Å²) in [5.74, 6) is 0.666. The molecule has 0 amide bonds. The van der Waals surface area contributed by atoms with E-state index in [1.54, 1.807) is 50.0 Å². The molecule has 0 spiro atoms. The number of methoxy groups -OCH3 is 1. The second-order valence-electron chi connectivity index (χ2n) is 3.81. The molecule has 1 heterocycles. The summed E-state index contributed by atoms with van der Waals surface area (Å²) in [6, 6.07) is 10.6. The number of rotatable bonds is 5. The maximum absolute atomic E-state index is 11.9. The van der Waals surface area contributed by atoms with Gasteiger partial charge in [-0.2, -0.15) is 0 Å². The molecule has 0 unspecified atom stereocenters. The quantitative estimate of drug-likeness (QED) is 0.658. The fourth-order valence-electron chi connectivity index (χ4n) is 1.51. The van der Waals surface area contributed by atoms with Crippen molar-refractivity contribution in [3.05, 3.63) is 66.6 Å². The van der Waals surface area contributed by atoms with Crippen molar-refractivity contribution in [1.29, 1.82) is 0 Å². The van der Waals surface area contributed by atoms with Crippen molar-refractivity contribution in [1.82, 2.24) is 4.98 Å². The molecular weight excluding hydrogens is 240 g/mol. The largest absolute Gasteiger partial charge is 0.497 e. The zero-order chi connectivity index (χ0) is 13.5. The third-order valence-electron chi connectivity index (χ3n) is 2.54. The Morgan fingerprint density at radius 1 is 1.16 bits per heavy atom. The number of ether oxygens (including phenoxy) is 1. The van der Waals surface area contributed by atoms with E-state index in [0.29, 0.717) is 5.56 Å². The number of hydrogen-bond donors (Lipinski definition) is 1. The van der Waals surface area contributed by atoms with Crippen LogP contribution in [0.1, 0.15) is 10.4 Å². The minimum Gasteiger partial charge on any atom is -0.497 e. The van der Waals surface area contributed by atoms with Crippen LogP contribution in [0.4, 0.5) is 5.69 Å². The summed E-state index contributed by atoms with van der Waals surface area (Å²) in [6.45, 7) is 0. The minimum atomic E-state index is -0.0655. The molecule has 0 fully saturated rings. The van der Waals surface area contributed by atoms with E-state index in [0.717, 1.165) is 11.4 Å². The Labute approximate surface area is 111 Å². The molecule has 0 saturated carbocycles. The van der Waals surface area contributed by atoms with Crippen LogP contribution < -0.4 is 10.1 Å². The molecule has 0 aliphatic rings. The summed E-state index contributed by atoms with van der Waals surface area (Å²) < 4.78 is 5.04. The maximum atomic E-state index is 11.9. The third kappa shape index (κ3) is 3.67. The molecule has 0 radical (unpaired) electrons. The second-order valence-corrected chi connectivity index (χ2v) is 3.81. The molecule has 0 aliphatic heterocycles. The summed E-state index contributed by atoms with van der Waals surface area (Å²) in [7, 11) is 1.59. The molecular formula is C15H14N2O2. The molecule has 4 nitrogen and oxygen atoms in total. The summed E-state index contributed by atoms with van der Waals surface area (Å²) in [5.41, 5.74) is 1.50. The summed E-state index contributed by atoms with van der Waals surface area (Å²) in [4.78, 5) is 15.8. The molecule has 0 saturated heterocycles. The van der Waals surface area contributed by atoms with Crippen LogP contribution in [0.5, 0.6) is 5.75 Å². The molecule has 2 rings (SSSR count). The number of pyridine rings is 1. The monoisotopic (exact) mass is 254 g/mol. The van der Waals surface area contributed by atoms with E-state index in [2.05, 4.69) is 10.3 Å². The first-order chi connectivity index (χ1) is 9.29. The number of carbonyl (C=O) groups is 1. The number of allylic oxidation sites excluding steroid dienone is 1. The van der Waals surface area contributed by atoms with Gasteiger partial charge in [0.15, 0.2) is 5.78 Å². The van der Waals surface area contributed by atoms with E-state index >= 15 is 0 Å². The van der Waals surface area contributed by atoms with Gasteiger partial charge < -0.3 is 10.1 Å².